The van der Waals surface area contributed by atoms with Crippen molar-refractivity contribution >= 4 is 11.6 Å². The normalized spacial score (nSPS) is 16.3. The van der Waals surface area contributed by atoms with Crippen LogP contribution in [0.25, 0.3) is 0 Å². The predicted molar refractivity (Wildman–Crippen MR) is 35.9 cm³/mol. The zero-order valence-electron chi connectivity index (χ0n) is 7.23. The van der Waals surface area contributed by atoms with Gasteiger partial charge in [-0.15, -0.1) is 0 Å². The van der Waals surface area contributed by atoms with Crippen molar-refractivity contribution in [2.45, 2.75) is 24.2 Å². The Labute approximate surface area is 91.8 Å². The third-order valence-corrected chi connectivity index (χ3v) is 1.68. The third-order valence-electron chi connectivity index (χ3n) is 1.35. The van der Waals surface area contributed by atoms with Gasteiger partial charge in [-0.3, -0.25) is 0 Å². The fraction of sp³-hybridized carbons (Fsp3) is 0.667. The van der Waals surface area contributed by atoms with Gasteiger partial charge in [-0.05, 0) is 0 Å². The Hall–Kier alpha value is -0.670. The van der Waals surface area contributed by atoms with E-state index in [0.29, 0.717) is 0 Å². The maximum Gasteiger partial charge on any atom is 0.460 e. The van der Waals surface area contributed by atoms with Crippen LogP contribution in [-0.2, 0) is 0 Å². The molecule has 0 aromatic heterocycles. The van der Waals surface area contributed by atoms with Gasteiger partial charge in [0.2, 0.25) is 0 Å². The molecule has 0 fully saturated rings. The summed E-state index contributed by atoms with van der Waals surface area (Å²) in [4.78, 5) is 0. The van der Waals surface area contributed by atoms with Gasteiger partial charge >= 0.3 is 24.2 Å². The first-order chi connectivity index (χ1) is 7.13. The van der Waals surface area contributed by atoms with E-state index < -0.39 is 35.3 Å². The molecule has 0 unspecified atom stereocenters. The summed E-state index contributed by atoms with van der Waals surface area (Å²) in [5, 5.41) is -2.77. The van der Waals surface area contributed by atoms with Crippen LogP contribution in [0.15, 0.2) is 11.1 Å². The van der Waals surface area contributed by atoms with Crippen LogP contribution >= 0.6 is 11.6 Å². The Balaban J connectivity index is 5.45. The van der Waals surface area contributed by atoms with Gasteiger partial charge < -0.3 is 0 Å². The van der Waals surface area contributed by atoms with Crippen LogP contribution in [0.3, 0.4) is 0 Å². The average molecular weight is 299 g/mol. The zero-order chi connectivity index (χ0) is 14.3. The highest BCUT2D eigenvalue weighted by Crippen LogP contribution is 2.48. The molecular formula is C6HClF10. The Bertz CT molecular complexity index is 308. The van der Waals surface area contributed by atoms with Crippen molar-refractivity contribution < 1.29 is 43.9 Å². The highest BCUT2D eigenvalue weighted by molar-refractivity contribution is 6.30. The summed E-state index contributed by atoms with van der Waals surface area (Å²) in [7, 11) is 0. The van der Waals surface area contributed by atoms with Crippen LogP contribution in [0.1, 0.15) is 0 Å². The van der Waals surface area contributed by atoms with E-state index in [9.17, 15) is 43.9 Å². The van der Waals surface area contributed by atoms with E-state index in [2.05, 4.69) is 11.6 Å². The smallest absolute Gasteiger partial charge is 0.195 e. The molecule has 0 aliphatic carbocycles. The van der Waals surface area contributed by atoms with Crippen molar-refractivity contribution in [2.24, 2.45) is 0 Å². The van der Waals surface area contributed by atoms with E-state index in [1.54, 1.807) is 0 Å². The summed E-state index contributed by atoms with van der Waals surface area (Å²) in [6.07, 6.45) is -14.0. The molecule has 0 aliphatic heterocycles. The molecule has 0 aromatic rings. The first-order valence-corrected chi connectivity index (χ1v) is 3.78. The fourth-order valence-corrected chi connectivity index (χ4v) is 0.658. The van der Waals surface area contributed by atoms with Crippen LogP contribution in [0.2, 0.25) is 0 Å². The molecule has 0 N–H and O–H groups in total. The predicted octanol–water partition coefficient (Wildman–Crippen LogP) is 4.50. The van der Waals surface area contributed by atoms with Gasteiger partial charge in [-0.1, -0.05) is 11.6 Å². The lowest BCUT2D eigenvalue weighted by Gasteiger charge is -2.26. The van der Waals surface area contributed by atoms with Gasteiger partial charge in [0.15, 0.2) is 0 Å². The Kier molecular flexibility index (Phi) is 4.05. The molecule has 0 aliphatic rings. The highest BCUT2D eigenvalue weighted by Gasteiger charge is 2.72. The number of hydrogen-bond acceptors (Lipinski definition) is 0. The minimum Gasteiger partial charge on any atom is -0.195 e. The first-order valence-electron chi connectivity index (χ1n) is 3.41. The van der Waals surface area contributed by atoms with Crippen LogP contribution < -0.4 is 0 Å². The molecule has 102 valence electrons. The molecule has 0 heterocycles. The molecule has 0 atom stereocenters. The van der Waals surface area contributed by atoms with Crippen LogP contribution in [0.5, 0.6) is 0 Å². The van der Waals surface area contributed by atoms with Crippen LogP contribution in [0.4, 0.5) is 43.9 Å². The summed E-state index contributed by atoms with van der Waals surface area (Å²) < 4.78 is 118. The fourth-order valence-electron chi connectivity index (χ4n) is 0.521. The molecule has 0 saturated heterocycles. The lowest BCUT2D eigenvalue weighted by Crippen LogP contribution is -2.51. The quantitative estimate of drug-likeness (QED) is 0.658. The van der Waals surface area contributed by atoms with Crippen molar-refractivity contribution in [3.05, 3.63) is 11.1 Å². The second-order valence-corrected chi connectivity index (χ2v) is 3.09. The number of hydrogen-bond donors (Lipinski definition) is 0. The molecular weight excluding hydrogens is 297 g/mol. The van der Waals surface area contributed by atoms with E-state index in [1.165, 1.54) is 0 Å². The topological polar surface area (TPSA) is 0 Å². The summed E-state index contributed by atoms with van der Waals surface area (Å²) in [6.45, 7) is 0. The highest BCUT2D eigenvalue weighted by atomic mass is 35.5. The van der Waals surface area contributed by atoms with E-state index in [0.717, 1.165) is 0 Å². The standard InChI is InChI=1S/C6HClF10/c7-2(4(10,11)12)1-3(8,9)5(13,14)6(15,16)17/h1H/b2-1-. The van der Waals surface area contributed by atoms with Gasteiger partial charge in [0.25, 0.3) is 0 Å². The molecule has 17 heavy (non-hydrogen) atoms. The van der Waals surface area contributed by atoms with E-state index in [-0.39, 0.29) is 0 Å². The maximum absolute atomic E-state index is 12.3. The van der Waals surface area contributed by atoms with E-state index >= 15 is 0 Å². The van der Waals surface area contributed by atoms with Gasteiger partial charge in [0.1, 0.15) is 5.03 Å². The summed E-state index contributed by atoms with van der Waals surface area (Å²) in [5.41, 5.74) is 0. The number of rotatable bonds is 2. The molecule has 0 radical (unpaired) electrons. The van der Waals surface area contributed by atoms with Crippen molar-refractivity contribution in [3.8, 4) is 0 Å². The van der Waals surface area contributed by atoms with Gasteiger partial charge in [-0.25, -0.2) is 0 Å². The van der Waals surface area contributed by atoms with Crippen LogP contribution in [0, 0.1) is 0 Å². The molecule has 0 bridgehead atoms. The maximum atomic E-state index is 12.3. The second kappa shape index (κ2) is 4.21. The third kappa shape index (κ3) is 3.39. The minimum atomic E-state index is -6.71. The molecule has 11 heteroatoms. The molecule has 0 aromatic carbocycles. The zero-order valence-corrected chi connectivity index (χ0v) is 7.99. The Morgan fingerprint density at radius 2 is 1.12 bits per heavy atom. The van der Waals surface area contributed by atoms with Crippen molar-refractivity contribution in [3.63, 3.8) is 0 Å². The van der Waals surface area contributed by atoms with Gasteiger partial charge in [0.05, 0.1) is 0 Å². The Morgan fingerprint density at radius 3 is 1.35 bits per heavy atom. The van der Waals surface area contributed by atoms with Gasteiger partial charge in [0, 0.05) is 6.08 Å². The summed E-state index contributed by atoms with van der Waals surface area (Å²) >= 11 is 4.15. The monoisotopic (exact) mass is 298 g/mol. The number of alkyl halides is 10. The largest absolute Gasteiger partial charge is 0.460 e. The van der Waals surface area contributed by atoms with Crippen molar-refractivity contribution in [2.75, 3.05) is 0 Å². The second-order valence-electron chi connectivity index (χ2n) is 2.69. The Morgan fingerprint density at radius 1 is 0.765 bits per heavy atom. The SMILES string of the molecule is FC(F)(F)/C(Cl)=C/C(F)(F)C(F)(F)C(F)(F)F. The van der Waals surface area contributed by atoms with Gasteiger partial charge in [-0.2, -0.15) is 43.9 Å². The minimum absolute atomic E-state index is 1.68. The van der Waals surface area contributed by atoms with Crippen molar-refractivity contribution in [1.29, 1.82) is 0 Å². The lowest BCUT2D eigenvalue weighted by atomic mass is 10.1. The van der Waals surface area contributed by atoms with Crippen molar-refractivity contribution in [1.82, 2.24) is 0 Å². The lowest BCUT2D eigenvalue weighted by molar-refractivity contribution is -0.342. The molecule has 0 nitrogen and oxygen atoms in total. The van der Waals surface area contributed by atoms with Crippen LogP contribution in [-0.4, -0.2) is 24.2 Å². The van der Waals surface area contributed by atoms with E-state index in [4.69, 9.17) is 0 Å². The summed E-state index contributed by atoms with van der Waals surface area (Å²) in [6, 6.07) is 0. The molecule has 0 spiro atoms. The molecule has 0 rings (SSSR count). The van der Waals surface area contributed by atoms with E-state index in [1.807, 2.05) is 0 Å². The number of allylic oxidation sites excluding steroid dienone is 2. The summed E-state index contributed by atoms with van der Waals surface area (Å²) in [5.74, 6) is -12.8. The molecule has 0 saturated carbocycles. The first kappa shape index (κ1) is 16.3. The molecule has 0 amide bonds. The average Bonchev–Trinajstić information content (AvgIpc) is 1.98. The number of halogens is 11.